The first-order chi connectivity index (χ1) is 8.69. The highest BCUT2D eigenvalue weighted by atomic mass is 19.1. The number of nitrogens with one attached hydrogen (secondary N) is 1. The van der Waals surface area contributed by atoms with E-state index in [2.05, 4.69) is 10.3 Å². The third kappa shape index (κ3) is 3.01. The van der Waals surface area contributed by atoms with Crippen LogP contribution in [0.4, 0.5) is 8.78 Å². The van der Waals surface area contributed by atoms with Gasteiger partial charge in [0.15, 0.2) is 5.82 Å². The van der Waals surface area contributed by atoms with Crippen LogP contribution in [0.3, 0.4) is 0 Å². The molecule has 2 rings (SSSR count). The standard InChI is InChI=1S/C13H12F2N2O/c1-16-7-9-3-2-4-11(5-9)18-13-12(15)6-10(14)8-17-13/h2-6,8,16H,7H2,1H3. The van der Waals surface area contributed by atoms with Crippen LogP contribution < -0.4 is 10.1 Å². The predicted molar refractivity (Wildman–Crippen MR) is 63.4 cm³/mol. The predicted octanol–water partition coefficient (Wildman–Crippen LogP) is 2.87. The van der Waals surface area contributed by atoms with E-state index in [9.17, 15) is 8.78 Å². The molecule has 5 heteroatoms. The molecule has 0 amide bonds. The minimum atomic E-state index is -0.825. The van der Waals surface area contributed by atoms with Crippen molar-refractivity contribution in [3.63, 3.8) is 0 Å². The van der Waals surface area contributed by atoms with Gasteiger partial charge < -0.3 is 10.1 Å². The van der Waals surface area contributed by atoms with E-state index in [4.69, 9.17) is 4.74 Å². The van der Waals surface area contributed by atoms with Gasteiger partial charge in [-0.3, -0.25) is 0 Å². The van der Waals surface area contributed by atoms with Crippen LogP contribution in [0.1, 0.15) is 5.56 Å². The van der Waals surface area contributed by atoms with Crippen molar-refractivity contribution in [2.24, 2.45) is 0 Å². The van der Waals surface area contributed by atoms with Crippen molar-refractivity contribution < 1.29 is 13.5 Å². The molecule has 1 aromatic carbocycles. The normalized spacial score (nSPS) is 10.4. The third-order valence-corrected chi connectivity index (χ3v) is 2.27. The molecule has 0 saturated heterocycles. The number of pyridine rings is 1. The first kappa shape index (κ1) is 12.4. The molecule has 0 spiro atoms. The zero-order valence-electron chi connectivity index (χ0n) is 9.78. The second-order valence-electron chi connectivity index (χ2n) is 3.72. The fourth-order valence-corrected chi connectivity index (χ4v) is 1.51. The number of benzene rings is 1. The van der Waals surface area contributed by atoms with Gasteiger partial charge in [-0.1, -0.05) is 12.1 Å². The Balaban J connectivity index is 2.20. The van der Waals surface area contributed by atoms with Gasteiger partial charge in [0.1, 0.15) is 11.6 Å². The zero-order chi connectivity index (χ0) is 13.0. The van der Waals surface area contributed by atoms with Gasteiger partial charge in [-0.25, -0.2) is 13.8 Å². The topological polar surface area (TPSA) is 34.1 Å². The van der Waals surface area contributed by atoms with Crippen LogP contribution >= 0.6 is 0 Å². The summed E-state index contributed by atoms with van der Waals surface area (Å²) in [5.74, 6) is -1.34. The average Bonchev–Trinajstić information content (AvgIpc) is 2.34. The number of hydrogen-bond donors (Lipinski definition) is 1. The highest BCUT2D eigenvalue weighted by molar-refractivity contribution is 5.31. The van der Waals surface area contributed by atoms with Gasteiger partial charge in [-0.05, 0) is 24.7 Å². The summed E-state index contributed by atoms with van der Waals surface area (Å²) >= 11 is 0. The molecule has 0 fully saturated rings. The molecule has 1 aromatic heterocycles. The SMILES string of the molecule is CNCc1cccc(Oc2ncc(F)cc2F)c1. The van der Waals surface area contributed by atoms with Crippen molar-refractivity contribution in [3.05, 3.63) is 53.7 Å². The van der Waals surface area contributed by atoms with Crippen molar-refractivity contribution in [2.45, 2.75) is 6.54 Å². The molecule has 0 aliphatic carbocycles. The molecular formula is C13H12F2N2O. The van der Waals surface area contributed by atoms with E-state index in [1.165, 1.54) is 0 Å². The largest absolute Gasteiger partial charge is 0.436 e. The number of nitrogens with zero attached hydrogens (tertiary/aromatic N) is 1. The molecule has 94 valence electrons. The van der Waals surface area contributed by atoms with Gasteiger partial charge in [-0.2, -0.15) is 0 Å². The van der Waals surface area contributed by atoms with Gasteiger partial charge in [0, 0.05) is 12.6 Å². The molecule has 0 atom stereocenters. The summed E-state index contributed by atoms with van der Waals surface area (Å²) in [5, 5.41) is 3.00. The molecule has 0 bridgehead atoms. The van der Waals surface area contributed by atoms with E-state index < -0.39 is 11.6 Å². The zero-order valence-corrected chi connectivity index (χ0v) is 9.78. The van der Waals surface area contributed by atoms with E-state index in [0.717, 1.165) is 17.8 Å². The molecule has 0 unspecified atom stereocenters. The second-order valence-corrected chi connectivity index (χ2v) is 3.72. The molecular weight excluding hydrogens is 238 g/mol. The van der Waals surface area contributed by atoms with Crippen LogP contribution in [0.2, 0.25) is 0 Å². The summed E-state index contributed by atoms with van der Waals surface area (Å²) < 4.78 is 31.3. The second kappa shape index (κ2) is 5.55. The third-order valence-electron chi connectivity index (χ3n) is 2.27. The minimum Gasteiger partial charge on any atom is -0.436 e. The van der Waals surface area contributed by atoms with Crippen LogP contribution in [-0.2, 0) is 6.54 Å². The molecule has 2 aromatic rings. The molecule has 18 heavy (non-hydrogen) atoms. The first-order valence-corrected chi connectivity index (χ1v) is 5.41. The van der Waals surface area contributed by atoms with Crippen LogP contribution in [0.5, 0.6) is 11.6 Å². The maximum Gasteiger partial charge on any atom is 0.256 e. The van der Waals surface area contributed by atoms with Crippen molar-refractivity contribution in [1.29, 1.82) is 0 Å². The highest BCUT2D eigenvalue weighted by Gasteiger charge is 2.08. The summed E-state index contributed by atoms with van der Waals surface area (Å²) in [6.45, 7) is 0.677. The molecule has 1 N–H and O–H groups in total. The fourth-order valence-electron chi connectivity index (χ4n) is 1.51. The van der Waals surface area contributed by atoms with E-state index in [0.29, 0.717) is 12.3 Å². The van der Waals surface area contributed by atoms with Crippen LogP contribution in [-0.4, -0.2) is 12.0 Å². The Kier molecular flexibility index (Phi) is 3.84. The van der Waals surface area contributed by atoms with E-state index in [1.54, 1.807) is 18.2 Å². The molecule has 0 aliphatic heterocycles. The maximum absolute atomic E-state index is 13.3. The van der Waals surface area contributed by atoms with E-state index in [-0.39, 0.29) is 5.88 Å². The average molecular weight is 250 g/mol. The Hall–Kier alpha value is -2.01. The van der Waals surface area contributed by atoms with Gasteiger partial charge in [0.05, 0.1) is 6.20 Å². The van der Waals surface area contributed by atoms with Crippen LogP contribution in [0.15, 0.2) is 36.5 Å². The summed E-state index contributed by atoms with van der Waals surface area (Å²) in [4.78, 5) is 3.56. The summed E-state index contributed by atoms with van der Waals surface area (Å²) in [6.07, 6.45) is 0.913. The number of ether oxygens (including phenoxy) is 1. The lowest BCUT2D eigenvalue weighted by molar-refractivity contribution is 0.416. The molecule has 0 saturated carbocycles. The Morgan fingerprint density at radius 2 is 2.11 bits per heavy atom. The van der Waals surface area contributed by atoms with Gasteiger partial charge >= 0.3 is 0 Å². The van der Waals surface area contributed by atoms with Crippen molar-refractivity contribution in [1.82, 2.24) is 10.3 Å². The van der Waals surface area contributed by atoms with Crippen molar-refractivity contribution in [2.75, 3.05) is 7.05 Å². The lowest BCUT2D eigenvalue weighted by atomic mass is 10.2. The van der Waals surface area contributed by atoms with Crippen molar-refractivity contribution in [3.8, 4) is 11.6 Å². The molecule has 0 aliphatic rings. The van der Waals surface area contributed by atoms with Crippen LogP contribution in [0, 0.1) is 11.6 Å². The highest BCUT2D eigenvalue weighted by Crippen LogP contribution is 2.23. The van der Waals surface area contributed by atoms with E-state index >= 15 is 0 Å². The summed E-state index contributed by atoms with van der Waals surface area (Å²) in [7, 11) is 1.83. The Bertz CT molecular complexity index is 546. The number of rotatable bonds is 4. The van der Waals surface area contributed by atoms with Gasteiger partial charge in [-0.15, -0.1) is 0 Å². The quantitative estimate of drug-likeness (QED) is 0.906. The minimum absolute atomic E-state index is 0.238. The Morgan fingerprint density at radius 1 is 1.28 bits per heavy atom. The first-order valence-electron chi connectivity index (χ1n) is 5.41. The van der Waals surface area contributed by atoms with Gasteiger partial charge in [0.25, 0.3) is 5.88 Å². The lowest BCUT2D eigenvalue weighted by Crippen LogP contribution is -2.04. The van der Waals surface area contributed by atoms with Crippen molar-refractivity contribution >= 4 is 0 Å². The summed E-state index contributed by atoms with van der Waals surface area (Å²) in [6, 6.07) is 7.89. The Labute approximate surface area is 103 Å². The summed E-state index contributed by atoms with van der Waals surface area (Å²) in [5.41, 5.74) is 0.998. The molecule has 3 nitrogen and oxygen atoms in total. The number of aromatic nitrogens is 1. The maximum atomic E-state index is 13.3. The Morgan fingerprint density at radius 3 is 2.83 bits per heavy atom. The van der Waals surface area contributed by atoms with Crippen LogP contribution in [0.25, 0.3) is 0 Å². The monoisotopic (exact) mass is 250 g/mol. The smallest absolute Gasteiger partial charge is 0.256 e. The lowest BCUT2D eigenvalue weighted by Gasteiger charge is -2.07. The van der Waals surface area contributed by atoms with E-state index in [1.807, 2.05) is 13.1 Å². The molecule has 0 radical (unpaired) electrons. The molecule has 1 heterocycles. The van der Waals surface area contributed by atoms with Gasteiger partial charge in [0.2, 0.25) is 0 Å². The number of hydrogen-bond acceptors (Lipinski definition) is 3. The fraction of sp³-hybridized carbons (Fsp3) is 0.154. The number of halogens is 2.